The van der Waals surface area contributed by atoms with E-state index in [0.29, 0.717) is 17.3 Å². The van der Waals surface area contributed by atoms with Crippen LogP contribution in [0.3, 0.4) is 0 Å². The average molecular weight is 242 g/mol. The van der Waals surface area contributed by atoms with E-state index in [9.17, 15) is 9.59 Å². The first-order valence-corrected chi connectivity index (χ1v) is 5.77. The largest absolute Gasteiger partial charge is 0.480 e. The smallest absolute Gasteiger partial charge is 0.317 e. The van der Waals surface area contributed by atoms with Crippen LogP contribution in [0.15, 0.2) is 16.0 Å². The Kier molecular flexibility index (Phi) is 4.12. The highest BCUT2D eigenvalue weighted by Crippen LogP contribution is 2.22. The summed E-state index contributed by atoms with van der Waals surface area (Å²) >= 11 is 1.10. The van der Waals surface area contributed by atoms with Gasteiger partial charge in [-0.15, -0.1) is 0 Å². The molecular weight excluding hydrogens is 228 g/mol. The van der Waals surface area contributed by atoms with Crippen molar-refractivity contribution in [1.82, 2.24) is 9.55 Å². The van der Waals surface area contributed by atoms with Gasteiger partial charge in [-0.2, -0.15) is 0 Å². The van der Waals surface area contributed by atoms with Gasteiger partial charge < -0.3 is 5.11 Å². The number of carboxylic acid groups (broad SMARTS) is 1. The summed E-state index contributed by atoms with van der Waals surface area (Å²) in [4.78, 5) is 26.5. The predicted molar refractivity (Wildman–Crippen MR) is 61.8 cm³/mol. The number of aliphatic carboxylic acids is 1. The van der Waals surface area contributed by atoms with E-state index < -0.39 is 11.2 Å². The molecule has 0 saturated heterocycles. The van der Waals surface area contributed by atoms with Gasteiger partial charge in [0.2, 0.25) is 0 Å². The van der Waals surface area contributed by atoms with E-state index >= 15 is 0 Å². The molecule has 1 unspecified atom stereocenters. The van der Waals surface area contributed by atoms with Crippen molar-refractivity contribution in [2.45, 2.75) is 30.7 Å². The second-order valence-electron chi connectivity index (χ2n) is 3.43. The summed E-state index contributed by atoms with van der Waals surface area (Å²) < 4.78 is 1.36. The van der Waals surface area contributed by atoms with Crippen molar-refractivity contribution < 1.29 is 9.90 Å². The number of rotatable bonds is 4. The minimum atomic E-state index is -0.886. The Morgan fingerprint density at radius 1 is 1.69 bits per heavy atom. The van der Waals surface area contributed by atoms with Crippen LogP contribution in [0.25, 0.3) is 0 Å². The van der Waals surface area contributed by atoms with Gasteiger partial charge in [0.1, 0.15) is 5.25 Å². The van der Waals surface area contributed by atoms with Crippen LogP contribution >= 0.6 is 11.8 Å². The van der Waals surface area contributed by atoms with Gasteiger partial charge in [-0.25, -0.2) is 4.98 Å². The topological polar surface area (TPSA) is 72.2 Å². The van der Waals surface area contributed by atoms with Crippen molar-refractivity contribution in [3.05, 3.63) is 22.1 Å². The van der Waals surface area contributed by atoms with Crippen LogP contribution in [-0.2, 0) is 11.8 Å². The molecule has 0 aliphatic carbocycles. The van der Waals surface area contributed by atoms with Crippen LogP contribution in [-0.4, -0.2) is 25.9 Å². The van der Waals surface area contributed by atoms with E-state index in [2.05, 4.69) is 4.98 Å². The molecule has 0 bridgehead atoms. The Morgan fingerprint density at radius 2 is 2.31 bits per heavy atom. The van der Waals surface area contributed by atoms with Crippen LogP contribution in [0.5, 0.6) is 0 Å². The van der Waals surface area contributed by atoms with Gasteiger partial charge in [0.15, 0.2) is 5.16 Å². The molecule has 16 heavy (non-hydrogen) atoms. The van der Waals surface area contributed by atoms with Crippen LogP contribution in [0.2, 0.25) is 0 Å². The number of aryl methyl sites for hydroxylation is 1. The van der Waals surface area contributed by atoms with Gasteiger partial charge in [-0.3, -0.25) is 14.2 Å². The van der Waals surface area contributed by atoms with Crippen LogP contribution in [0, 0.1) is 6.92 Å². The molecule has 0 spiro atoms. The molecule has 0 fully saturated rings. The van der Waals surface area contributed by atoms with Gasteiger partial charge in [-0.1, -0.05) is 18.7 Å². The molecule has 0 aliphatic heterocycles. The van der Waals surface area contributed by atoms with Crippen molar-refractivity contribution in [1.29, 1.82) is 0 Å². The maximum Gasteiger partial charge on any atom is 0.317 e. The third-order valence-corrected chi connectivity index (χ3v) is 3.51. The minimum Gasteiger partial charge on any atom is -0.480 e. The molecule has 1 N–H and O–H groups in total. The number of carbonyl (C=O) groups is 1. The summed E-state index contributed by atoms with van der Waals surface area (Å²) in [6.07, 6.45) is 0.490. The van der Waals surface area contributed by atoms with Crippen molar-refractivity contribution in [2.75, 3.05) is 0 Å². The van der Waals surface area contributed by atoms with Crippen molar-refractivity contribution in [3.8, 4) is 0 Å². The number of aromatic nitrogens is 2. The predicted octanol–water partition coefficient (Wildman–Crippen LogP) is 1.04. The fourth-order valence-corrected chi connectivity index (χ4v) is 2.14. The lowest BCUT2D eigenvalue weighted by atomic mass is 10.3. The van der Waals surface area contributed by atoms with Gasteiger partial charge in [0, 0.05) is 18.8 Å². The summed E-state index contributed by atoms with van der Waals surface area (Å²) in [5.74, 6) is -0.886. The molecule has 0 saturated carbocycles. The Morgan fingerprint density at radius 3 is 2.81 bits per heavy atom. The maximum absolute atomic E-state index is 11.5. The Labute approximate surface area is 97.5 Å². The standard InChI is InChI=1S/C10H14N2O3S/c1-4-7(9(14)15)16-10-11-6(2)5-8(13)12(10)3/h5,7H,4H2,1-3H3,(H,14,15). The first kappa shape index (κ1) is 12.8. The lowest BCUT2D eigenvalue weighted by Gasteiger charge is -2.11. The van der Waals surface area contributed by atoms with Gasteiger partial charge in [-0.05, 0) is 13.3 Å². The minimum absolute atomic E-state index is 0.171. The third-order valence-electron chi connectivity index (χ3n) is 2.12. The molecule has 0 radical (unpaired) electrons. The van der Waals surface area contributed by atoms with E-state index in [-0.39, 0.29) is 5.56 Å². The van der Waals surface area contributed by atoms with Gasteiger partial charge >= 0.3 is 5.97 Å². The summed E-state index contributed by atoms with van der Waals surface area (Å²) in [5.41, 5.74) is 0.432. The van der Waals surface area contributed by atoms with Gasteiger partial charge in [0.25, 0.3) is 5.56 Å². The summed E-state index contributed by atoms with van der Waals surface area (Å²) in [7, 11) is 1.59. The van der Waals surface area contributed by atoms with E-state index in [1.165, 1.54) is 10.6 Å². The lowest BCUT2D eigenvalue weighted by Crippen LogP contribution is -2.22. The Balaban J connectivity index is 3.05. The number of hydrogen-bond donors (Lipinski definition) is 1. The zero-order valence-electron chi connectivity index (χ0n) is 9.43. The molecular formula is C10H14N2O3S. The van der Waals surface area contributed by atoms with Crippen molar-refractivity contribution >= 4 is 17.7 Å². The second kappa shape index (κ2) is 5.16. The molecule has 1 heterocycles. The third kappa shape index (κ3) is 2.85. The number of nitrogens with zero attached hydrogens (tertiary/aromatic N) is 2. The maximum atomic E-state index is 11.5. The number of carboxylic acids is 1. The molecule has 0 amide bonds. The Hall–Kier alpha value is -1.30. The molecule has 6 heteroatoms. The lowest BCUT2D eigenvalue weighted by molar-refractivity contribution is -0.136. The first-order valence-electron chi connectivity index (χ1n) is 4.89. The van der Waals surface area contributed by atoms with E-state index in [4.69, 9.17) is 5.11 Å². The molecule has 88 valence electrons. The van der Waals surface area contributed by atoms with E-state index in [1.54, 1.807) is 20.9 Å². The monoisotopic (exact) mass is 242 g/mol. The Bertz CT molecular complexity index is 456. The van der Waals surface area contributed by atoms with Gasteiger partial charge in [0.05, 0.1) is 0 Å². The van der Waals surface area contributed by atoms with Crippen molar-refractivity contribution in [2.24, 2.45) is 7.05 Å². The number of hydrogen-bond acceptors (Lipinski definition) is 4. The number of thioether (sulfide) groups is 1. The van der Waals surface area contributed by atoms with E-state index in [1.807, 2.05) is 0 Å². The second-order valence-corrected chi connectivity index (χ2v) is 4.60. The highest BCUT2D eigenvalue weighted by molar-refractivity contribution is 8.00. The molecule has 1 rings (SSSR count). The van der Waals surface area contributed by atoms with E-state index in [0.717, 1.165) is 11.8 Å². The summed E-state index contributed by atoms with van der Waals surface area (Å²) in [6.45, 7) is 3.51. The SMILES string of the molecule is CCC(Sc1nc(C)cc(=O)n1C)C(=O)O. The quantitative estimate of drug-likeness (QED) is 0.631. The molecule has 0 aliphatic rings. The highest BCUT2D eigenvalue weighted by Gasteiger charge is 2.19. The fraction of sp³-hybridized carbons (Fsp3) is 0.500. The molecule has 1 atom stereocenters. The molecule has 1 aromatic rings. The molecule has 0 aromatic carbocycles. The zero-order chi connectivity index (χ0) is 12.3. The van der Waals surface area contributed by atoms with Crippen LogP contribution in [0.4, 0.5) is 0 Å². The fourth-order valence-electron chi connectivity index (χ4n) is 1.17. The normalized spacial score (nSPS) is 12.4. The van der Waals surface area contributed by atoms with Crippen molar-refractivity contribution in [3.63, 3.8) is 0 Å². The molecule has 5 nitrogen and oxygen atoms in total. The highest BCUT2D eigenvalue weighted by atomic mass is 32.2. The van der Waals surface area contributed by atoms with Crippen LogP contribution in [0.1, 0.15) is 19.0 Å². The average Bonchev–Trinajstić information content (AvgIpc) is 2.20. The summed E-state index contributed by atoms with van der Waals surface area (Å²) in [6, 6.07) is 1.42. The summed E-state index contributed by atoms with van der Waals surface area (Å²) in [5, 5.41) is 8.80. The molecule has 1 aromatic heterocycles. The zero-order valence-corrected chi connectivity index (χ0v) is 10.2. The first-order chi connectivity index (χ1) is 7.45. The van der Waals surface area contributed by atoms with Crippen LogP contribution < -0.4 is 5.56 Å².